The first-order valence-electron chi connectivity index (χ1n) is 7.02. The van der Waals surface area contributed by atoms with Crippen LogP contribution < -0.4 is 0 Å². The molecule has 1 aliphatic rings. The number of benzene rings is 1. The Morgan fingerprint density at radius 3 is 2.36 bits per heavy atom. The molecular formula is C14H16BrN3O3S. The molecule has 0 amide bonds. The van der Waals surface area contributed by atoms with E-state index in [0.29, 0.717) is 42.6 Å². The van der Waals surface area contributed by atoms with Gasteiger partial charge in [-0.25, -0.2) is 8.42 Å². The van der Waals surface area contributed by atoms with Gasteiger partial charge in [0.1, 0.15) is 0 Å². The third-order valence-corrected chi connectivity index (χ3v) is 6.24. The molecule has 1 aliphatic heterocycles. The Balaban J connectivity index is 1.71. The van der Waals surface area contributed by atoms with Crippen LogP contribution in [0.2, 0.25) is 0 Å². The highest BCUT2D eigenvalue weighted by atomic mass is 79.9. The van der Waals surface area contributed by atoms with Crippen LogP contribution in [0.5, 0.6) is 0 Å². The summed E-state index contributed by atoms with van der Waals surface area (Å²) in [5.41, 5.74) is 0. The second-order valence-corrected chi connectivity index (χ2v) is 8.15. The molecule has 1 fully saturated rings. The first kappa shape index (κ1) is 15.6. The largest absolute Gasteiger partial charge is 0.425 e. The minimum atomic E-state index is -3.43. The third-order valence-electron chi connectivity index (χ3n) is 3.80. The zero-order chi connectivity index (χ0) is 15.7. The lowest BCUT2D eigenvalue weighted by molar-refractivity contribution is 0.288. The van der Waals surface area contributed by atoms with Crippen LogP contribution in [0, 0.1) is 6.92 Å². The van der Waals surface area contributed by atoms with E-state index in [1.165, 1.54) is 4.31 Å². The van der Waals surface area contributed by atoms with Crippen LogP contribution in [0.15, 0.2) is 38.1 Å². The number of aryl methyl sites for hydroxylation is 1. The number of aromatic nitrogens is 2. The molecule has 1 aromatic heterocycles. The Morgan fingerprint density at radius 2 is 1.82 bits per heavy atom. The van der Waals surface area contributed by atoms with Crippen molar-refractivity contribution in [3.05, 3.63) is 40.5 Å². The summed E-state index contributed by atoms with van der Waals surface area (Å²) in [7, 11) is -3.43. The van der Waals surface area contributed by atoms with Gasteiger partial charge in [0.25, 0.3) is 0 Å². The molecule has 0 aliphatic carbocycles. The summed E-state index contributed by atoms with van der Waals surface area (Å²) in [4.78, 5) is 0.322. The van der Waals surface area contributed by atoms with Crippen LogP contribution in [0.25, 0.3) is 0 Å². The SMILES string of the molecule is Cc1nnc(C2CCN(S(=O)(=O)c3ccc(Br)cc3)CC2)o1. The van der Waals surface area contributed by atoms with Crippen molar-refractivity contribution in [2.24, 2.45) is 0 Å². The molecule has 1 saturated heterocycles. The molecule has 0 saturated carbocycles. The number of halogens is 1. The van der Waals surface area contributed by atoms with Crippen molar-refractivity contribution in [3.63, 3.8) is 0 Å². The van der Waals surface area contributed by atoms with Crippen LogP contribution in [0.4, 0.5) is 0 Å². The van der Waals surface area contributed by atoms with Crippen LogP contribution >= 0.6 is 15.9 Å². The zero-order valence-electron chi connectivity index (χ0n) is 12.1. The second kappa shape index (κ2) is 6.10. The minimum absolute atomic E-state index is 0.137. The Kier molecular flexibility index (Phi) is 4.33. The quantitative estimate of drug-likeness (QED) is 0.811. The summed E-state index contributed by atoms with van der Waals surface area (Å²) in [6, 6.07) is 6.71. The van der Waals surface area contributed by atoms with Crippen molar-refractivity contribution in [3.8, 4) is 0 Å². The maximum Gasteiger partial charge on any atom is 0.243 e. The fourth-order valence-electron chi connectivity index (χ4n) is 2.58. The molecule has 0 spiro atoms. The van der Waals surface area contributed by atoms with Gasteiger partial charge in [-0.3, -0.25) is 0 Å². The monoisotopic (exact) mass is 385 g/mol. The van der Waals surface area contributed by atoms with Crippen LogP contribution in [-0.2, 0) is 10.0 Å². The van der Waals surface area contributed by atoms with Crippen molar-refractivity contribution in [1.29, 1.82) is 0 Å². The summed E-state index contributed by atoms with van der Waals surface area (Å²) in [5.74, 6) is 1.29. The molecule has 2 aromatic rings. The van der Waals surface area contributed by atoms with E-state index in [1.807, 2.05) is 0 Å². The van der Waals surface area contributed by atoms with Crippen molar-refractivity contribution < 1.29 is 12.8 Å². The summed E-state index contributed by atoms with van der Waals surface area (Å²) in [6.07, 6.45) is 1.38. The van der Waals surface area contributed by atoms with Crippen LogP contribution in [0.3, 0.4) is 0 Å². The molecule has 0 unspecified atom stereocenters. The number of hydrogen-bond acceptors (Lipinski definition) is 5. The fourth-order valence-corrected chi connectivity index (χ4v) is 4.31. The fraction of sp³-hybridized carbons (Fsp3) is 0.429. The maximum absolute atomic E-state index is 12.6. The third kappa shape index (κ3) is 3.09. The van der Waals surface area contributed by atoms with E-state index in [4.69, 9.17) is 4.42 Å². The molecule has 1 aromatic carbocycles. The Labute approximate surface area is 137 Å². The van der Waals surface area contributed by atoms with Crippen molar-refractivity contribution in [2.45, 2.75) is 30.6 Å². The Bertz CT molecular complexity index is 750. The predicted molar refractivity (Wildman–Crippen MR) is 83.9 cm³/mol. The van der Waals surface area contributed by atoms with E-state index in [-0.39, 0.29) is 5.92 Å². The van der Waals surface area contributed by atoms with Gasteiger partial charge in [0.05, 0.1) is 4.90 Å². The Morgan fingerprint density at radius 1 is 1.18 bits per heavy atom. The van der Waals surface area contributed by atoms with Gasteiger partial charge in [-0.15, -0.1) is 10.2 Å². The topological polar surface area (TPSA) is 76.3 Å². The molecular weight excluding hydrogens is 370 g/mol. The highest BCUT2D eigenvalue weighted by Gasteiger charge is 2.31. The normalized spacial score (nSPS) is 17.7. The van der Waals surface area contributed by atoms with E-state index >= 15 is 0 Å². The molecule has 0 atom stereocenters. The van der Waals surface area contributed by atoms with Crippen LogP contribution in [0.1, 0.15) is 30.5 Å². The van der Waals surface area contributed by atoms with Gasteiger partial charge in [0.2, 0.25) is 21.8 Å². The maximum atomic E-state index is 12.6. The van der Waals surface area contributed by atoms with E-state index in [1.54, 1.807) is 31.2 Å². The standard InChI is InChI=1S/C14H16BrN3O3S/c1-10-16-17-14(21-10)11-6-8-18(9-7-11)22(19,20)13-4-2-12(15)3-5-13/h2-5,11H,6-9H2,1H3. The van der Waals surface area contributed by atoms with Gasteiger partial charge in [0.15, 0.2) is 0 Å². The van der Waals surface area contributed by atoms with E-state index < -0.39 is 10.0 Å². The lowest BCUT2D eigenvalue weighted by atomic mass is 9.98. The van der Waals surface area contributed by atoms with Gasteiger partial charge < -0.3 is 4.42 Å². The molecule has 2 heterocycles. The number of rotatable bonds is 3. The van der Waals surface area contributed by atoms with Crippen molar-refractivity contribution in [2.75, 3.05) is 13.1 Å². The molecule has 0 bridgehead atoms. The molecule has 3 rings (SSSR count). The summed E-state index contributed by atoms with van der Waals surface area (Å²) < 4.78 is 33.0. The van der Waals surface area contributed by atoms with Crippen LogP contribution in [-0.4, -0.2) is 36.0 Å². The number of sulfonamides is 1. The average Bonchev–Trinajstić information content (AvgIpc) is 2.94. The van der Waals surface area contributed by atoms with Gasteiger partial charge in [-0.2, -0.15) is 4.31 Å². The average molecular weight is 386 g/mol. The second-order valence-electron chi connectivity index (χ2n) is 5.29. The highest BCUT2D eigenvalue weighted by molar-refractivity contribution is 9.10. The van der Waals surface area contributed by atoms with E-state index in [9.17, 15) is 8.42 Å². The van der Waals surface area contributed by atoms with Crippen molar-refractivity contribution >= 4 is 26.0 Å². The first-order valence-corrected chi connectivity index (χ1v) is 9.26. The number of hydrogen-bond donors (Lipinski definition) is 0. The van der Waals surface area contributed by atoms with Gasteiger partial charge in [-0.1, -0.05) is 15.9 Å². The molecule has 0 radical (unpaired) electrons. The molecule has 8 heteroatoms. The van der Waals surface area contributed by atoms with Gasteiger partial charge in [-0.05, 0) is 37.1 Å². The van der Waals surface area contributed by atoms with E-state index in [2.05, 4.69) is 26.1 Å². The summed E-state index contributed by atoms with van der Waals surface area (Å²) >= 11 is 3.31. The molecule has 0 N–H and O–H groups in total. The van der Waals surface area contributed by atoms with Gasteiger partial charge >= 0.3 is 0 Å². The Hall–Kier alpha value is -1.25. The smallest absolute Gasteiger partial charge is 0.243 e. The number of piperidine rings is 1. The number of nitrogens with zero attached hydrogens (tertiary/aromatic N) is 3. The highest BCUT2D eigenvalue weighted by Crippen LogP contribution is 2.30. The molecule has 6 nitrogen and oxygen atoms in total. The summed E-state index contributed by atoms with van der Waals surface area (Å²) in [6.45, 7) is 2.68. The predicted octanol–water partition coefficient (Wildman–Crippen LogP) is 2.71. The zero-order valence-corrected chi connectivity index (χ0v) is 14.5. The lowest BCUT2D eigenvalue weighted by Gasteiger charge is -2.29. The molecule has 22 heavy (non-hydrogen) atoms. The van der Waals surface area contributed by atoms with Gasteiger partial charge in [0, 0.05) is 30.4 Å². The lowest BCUT2D eigenvalue weighted by Crippen LogP contribution is -2.37. The van der Waals surface area contributed by atoms with E-state index in [0.717, 1.165) is 4.47 Å². The minimum Gasteiger partial charge on any atom is -0.425 e. The first-order chi connectivity index (χ1) is 10.5. The summed E-state index contributed by atoms with van der Waals surface area (Å²) in [5, 5.41) is 7.87. The molecule has 118 valence electrons. The van der Waals surface area contributed by atoms with Crippen molar-refractivity contribution in [1.82, 2.24) is 14.5 Å².